The zero-order valence-electron chi connectivity index (χ0n) is 50.3. The fourth-order valence-electron chi connectivity index (χ4n) is 12.4. The van der Waals surface area contributed by atoms with Crippen LogP contribution in [0.1, 0.15) is 135 Å². The van der Waals surface area contributed by atoms with Crippen molar-refractivity contribution >= 4 is 0 Å². The third-order valence-corrected chi connectivity index (χ3v) is 17.4. The minimum absolute atomic E-state index is 0.0699. The second kappa shape index (κ2) is 22.5. The predicted molar refractivity (Wildman–Crippen MR) is 328 cm³/mol. The Morgan fingerprint density at radius 3 is 1.23 bits per heavy atom. The van der Waals surface area contributed by atoms with Gasteiger partial charge in [-0.3, -0.25) is 0 Å². The van der Waals surface area contributed by atoms with E-state index in [0.29, 0.717) is 28.2 Å². The number of alkyl halides is 6. The van der Waals surface area contributed by atoms with Crippen LogP contribution in [0, 0.1) is 40.9 Å². The molecule has 9 aromatic carbocycles. The van der Waals surface area contributed by atoms with Gasteiger partial charge < -0.3 is 18.9 Å². The van der Waals surface area contributed by atoms with E-state index in [1.165, 1.54) is 6.07 Å². The Bertz CT molecular complexity index is 4170. The molecule has 13 heteroatoms. The first-order valence-corrected chi connectivity index (χ1v) is 28.6. The largest absolute Gasteiger partial charge is 0.487 e. The van der Waals surface area contributed by atoms with E-state index in [1.54, 1.807) is 44.2 Å². The lowest BCUT2D eigenvalue weighted by atomic mass is 9.67. The van der Waals surface area contributed by atoms with Gasteiger partial charge in [0.05, 0.1) is 22.6 Å². The minimum atomic E-state index is -5.88. The van der Waals surface area contributed by atoms with Gasteiger partial charge in [-0.15, -0.1) is 0 Å². The van der Waals surface area contributed by atoms with Crippen LogP contribution < -0.4 is 18.9 Å². The fraction of sp³-hybridized carbons (Fsp3) is 0.240. The molecule has 0 atom stereocenters. The molecule has 444 valence electrons. The van der Waals surface area contributed by atoms with Gasteiger partial charge in [-0.1, -0.05) is 174 Å². The number of nitriles is 3. The summed E-state index contributed by atoms with van der Waals surface area (Å²) in [6.45, 7) is 19.1. The number of fused-ring (bicyclic) bond motifs is 3. The van der Waals surface area contributed by atoms with Crippen molar-refractivity contribution in [2.45, 2.75) is 114 Å². The molecule has 1 aliphatic carbocycles. The number of hydrogen-bond donors (Lipinski definition) is 0. The van der Waals surface area contributed by atoms with Crippen LogP contribution in [0.4, 0.5) is 26.3 Å². The average Bonchev–Trinajstić information content (AvgIpc) is 1.43. The van der Waals surface area contributed by atoms with E-state index >= 15 is 26.3 Å². The van der Waals surface area contributed by atoms with Crippen LogP contribution in [0.3, 0.4) is 0 Å². The summed E-state index contributed by atoms with van der Waals surface area (Å²) in [5, 5.41) is 30.9. The molecule has 1 aliphatic rings. The van der Waals surface area contributed by atoms with Gasteiger partial charge >= 0.3 is 12.4 Å². The molecule has 10 rings (SSSR count). The maximum atomic E-state index is 15.4. The second-order valence-electron chi connectivity index (χ2n) is 24.7. The van der Waals surface area contributed by atoms with E-state index in [2.05, 4.69) is 68.5 Å². The van der Waals surface area contributed by atoms with Crippen molar-refractivity contribution in [1.29, 1.82) is 15.8 Å². The van der Waals surface area contributed by atoms with Crippen molar-refractivity contribution in [1.82, 2.24) is 0 Å². The lowest BCUT2D eigenvalue weighted by molar-refractivity contribution is -0.288. The highest BCUT2D eigenvalue weighted by Crippen LogP contribution is 2.58. The van der Waals surface area contributed by atoms with Crippen LogP contribution in [-0.4, -0.2) is 18.0 Å². The van der Waals surface area contributed by atoms with Gasteiger partial charge in [0.2, 0.25) is 5.41 Å². The smallest absolute Gasteiger partial charge is 0.411 e. The standard InChI is InChI=1S/C75H63F6N3O4/c1-47-18-15-24-62(58(47)44-82)69(5,6)71(9,10)88-55-40-30-49(31-41-55)72(64-21-13-11-19-56(64)57-20-12-14-22-65(57)72)48-28-36-52(37-29-48)86-67-27-17-25-63(60(67)46-84)70(7,8)87-54-42-34-51(35-43-54)73(74(76,77)78,75(79,80)81)50-32-38-53(39-33-50)85-66-26-16-23-61(59(66)45-83)68(2,3)4/h11-43H,1-10H3. The van der Waals surface area contributed by atoms with Crippen LogP contribution in [0.15, 0.2) is 200 Å². The molecule has 0 saturated heterocycles. The van der Waals surface area contributed by atoms with Crippen LogP contribution in [0.25, 0.3) is 11.1 Å². The molecule has 0 saturated carbocycles. The summed E-state index contributed by atoms with van der Waals surface area (Å²) in [7, 11) is 0. The third-order valence-electron chi connectivity index (χ3n) is 17.4. The first-order valence-electron chi connectivity index (χ1n) is 28.6. The molecule has 0 heterocycles. The lowest BCUT2D eigenvalue weighted by Crippen LogP contribution is -2.54. The summed E-state index contributed by atoms with van der Waals surface area (Å²) in [6.07, 6.45) is -11.8. The quantitative estimate of drug-likeness (QED) is 0.0941. The lowest BCUT2D eigenvalue weighted by Gasteiger charge is -2.42. The van der Waals surface area contributed by atoms with Crippen molar-refractivity contribution in [2.75, 3.05) is 0 Å². The number of hydrogen-bond acceptors (Lipinski definition) is 7. The molecular weight excluding hydrogens is 1120 g/mol. The summed E-state index contributed by atoms with van der Waals surface area (Å²) in [5.41, 5.74) is -0.729. The number of nitrogens with zero attached hydrogens (tertiary/aromatic N) is 3. The molecule has 88 heavy (non-hydrogen) atoms. The molecule has 0 radical (unpaired) electrons. The van der Waals surface area contributed by atoms with Gasteiger partial charge in [-0.2, -0.15) is 42.1 Å². The Labute approximate surface area is 509 Å². The van der Waals surface area contributed by atoms with Crippen LogP contribution in [0.5, 0.6) is 34.5 Å². The van der Waals surface area contributed by atoms with Gasteiger partial charge in [0.25, 0.3) is 0 Å². The Hall–Kier alpha value is -9.77. The van der Waals surface area contributed by atoms with Gasteiger partial charge in [0.15, 0.2) is 0 Å². The molecule has 0 bridgehead atoms. The normalized spacial score (nSPS) is 13.3. The summed E-state index contributed by atoms with van der Waals surface area (Å²) in [6, 6.07) is 62.0. The Morgan fingerprint density at radius 1 is 0.386 bits per heavy atom. The number of aryl methyl sites for hydroxylation is 1. The van der Waals surface area contributed by atoms with Crippen molar-refractivity contribution in [2.24, 2.45) is 0 Å². The van der Waals surface area contributed by atoms with Crippen LogP contribution >= 0.6 is 0 Å². The highest BCUT2D eigenvalue weighted by molar-refractivity contribution is 5.86. The zero-order chi connectivity index (χ0) is 63.4. The van der Waals surface area contributed by atoms with Gasteiger partial charge in [0.1, 0.15) is 63.4 Å². The summed E-state index contributed by atoms with van der Waals surface area (Å²) >= 11 is 0. The summed E-state index contributed by atoms with van der Waals surface area (Å²) in [5.74, 6) is 1.19. The molecule has 0 fully saturated rings. The third kappa shape index (κ3) is 10.4. The van der Waals surface area contributed by atoms with Crippen molar-refractivity contribution in [3.05, 3.63) is 273 Å². The topological polar surface area (TPSA) is 108 Å². The van der Waals surface area contributed by atoms with Gasteiger partial charge in [0, 0.05) is 11.0 Å². The number of halogens is 6. The summed E-state index contributed by atoms with van der Waals surface area (Å²) in [4.78, 5) is 0. The molecular formula is C75H63F6N3O4. The zero-order valence-corrected chi connectivity index (χ0v) is 50.3. The van der Waals surface area contributed by atoms with E-state index in [-0.39, 0.29) is 34.1 Å². The Kier molecular flexibility index (Phi) is 15.7. The average molecular weight is 1180 g/mol. The monoisotopic (exact) mass is 1180 g/mol. The molecule has 0 N–H and O–H groups in total. The highest BCUT2D eigenvalue weighted by atomic mass is 19.4. The van der Waals surface area contributed by atoms with Crippen molar-refractivity contribution in [3.63, 3.8) is 0 Å². The number of benzene rings is 9. The van der Waals surface area contributed by atoms with E-state index in [0.717, 1.165) is 93.0 Å². The molecule has 0 unspecified atom stereocenters. The fourth-order valence-corrected chi connectivity index (χ4v) is 12.4. The maximum Gasteiger partial charge on any atom is 0.411 e. The minimum Gasteiger partial charge on any atom is -0.487 e. The molecule has 0 amide bonds. The van der Waals surface area contributed by atoms with E-state index < -0.39 is 56.3 Å². The van der Waals surface area contributed by atoms with Gasteiger partial charge in [-0.05, 0) is 162 Å². The summed E-state index contributed by atoms with van der Waals surface area (Å²) < 4.78 is 118. The Morgan fingerprint density at radius 2 is 0.773 bits per heavy atom. The SMILES string of the molecule is Cc1cccc(C(C)(C)C(C)(C)Oc2ccc(C3(c4ccc(Oc5cccc(C(C)(C)Oc6ccc(C(c7ccc(Oc8cccc(C(C)(C)C)c8C#N)cc7)(C(F)(F)F)C(F)(F)F)cc6)c5C#N)cc4)c4ccccc4-c4ccccc43)cc2)c1C#N. The van der Waals surface area contributed by atoms with E-state index in [1.807, 2.05) is 120 Å². The predicted octanol–water partition coefficient (Wildman–Crippen LogP) is 19.7. The first kappa shape index (κ1) is 61.3. The first-order chi connectivity index (χ1) is 41.5. The molecule has 0 aromatic heterocycles. The molecule has 0 spiro atoms. The highest BCUT2D eigenvalue weighted by Gasteiger charge is 2.72. The van der Waals surface area contributed by atoms with Crippen LogP contribution in [-0.2, 0) is 27.3 Å². The Balaban J connectivity index is 0.924. The van der Waals surface area contributed by atoms with Crippen LogP contribution in [0.2, 0.25) is 0 Å². The van der Waals surface area contributed by atoms with E-state index in [4.69, 9.17) is 18.9 Å². The molecule has 7 nitrogen and oxygen atoms in total. The van der Waals surface area contributed by atoms with Gasteiger partial charge in [-0.25, -0.2) is 0 Å². The number of rotatable bonds is 15. The maximum absolute atomic E-state index is 15.4. The van der Waals surface area contributed by atoms with Crippen molar-refractivity contribution in [3.8, 4) is 63.8 Å². The molecule has 0 aliphatic heterocycles. The van der Waals surface area contributed by atoms with E-state index in [9.17, 15) is 15.8 Å². The van der Waals surface area contributed by atoms with Crippen molar-refractivity contribution < 1.29 is 45.3 Å². The number of ether oxygens (including phenoxy) is 4. The molecule has 9 aromatic rings. The second-order valence-corrected chi connectivity index (χ2v) is 24.7.